The molecule has 0 saturated heterocycles. The van der Waals surface area contributed by atoms with Crippen molar-refractivity contribution in [3.8, 4) is 0 Å². The molecule has 0 aliphatic carbocycles. The van der Waals surface area contributed by atoms with Crippen molar-refractivity contribution in [2.45, 2.75) is 52.4 Å². The average molecular weight is 418 g/mol. The van der Waals surface area contributed by atoms with Crippen LogP contribution in [0.15, 0.2) is 47.1 Å². The van der Waals surface area contributed by atoms with Gasteiger partial charge in [-0.25, -0.2) is 9.59 Å². The third-order valence-electron chi connectivity index (χ3n) is 4.39. The van der Waals surface area contributed by atoms with Crippen molar-refractivity contribution >= 4 is 17.7 Å². The number of carbonyl (C=O) groups is 2. The highest BCUT2D eigenvalue weighted by Crippen LogP contribution is 2.28. The molecule has 30 heavy (non-hydrogen) atoms. The molecule has 1 N–H and O–H groups in total. The Hall–Kier alpha value is -3.36. The summed E-state index contributed by atoms with van der Waals surface area (Å²) < 4.78 is 16.3. The van der Waals surface area contributed by atoms with Gasteiger partial charge < -0.3 is 19.2 Å². The Labute approximate surface area is 174 Å². The molecule has 2 rings (SSSR count). The van der Waals surface area contributed by atoms with Gasteiger partial charge in [-0.3, -0.25) is 10.1 Å². The van der Waals surface area contributed by atoms with Crippen LogP contribution in [0.1, 0.15) is 56.8 Å². The summed E-state index contributed by atoms with van der Waals surface area (Å²) >= 11 is 0. The predicted molar refractivity (Wildman–Crippen MR) is 108 cm³/mol. The fourth-order valence-electron chi connectivity index (χ4n) is 2.70. The number of nitro groups is 1. The van der Waals surface area contributed by atoms with Crippen LogP contribution in [-0.2, 0) is 9.47 Å². The van der Waals surface area contributed by atoms with Crippen LogP contribution in [0.5, 0.6) is 0 Å². The third kappa shape index (κ3) is 6.33. The van der Waals surface area contributed by atoms with Gasteiger partial charge in [0.2, 0.25) is 0 Å². The molecule has 3 atom stereocenters. The maximum absolute atomic E-state index is 12.4. The van der Waals surface area contributed by atoms with Gasteiger partial charge in [-0.05, 0) is 52.0 Å². The average Bonchev–Trinajstić information content (AvgIpc) is 3.18. The Bertz CT molecular complexity index is 870. The van der Waals surface area contributed by atoms with Crippen molar-refractivity contribution in [3.05, 3.63) is 64.1 Å². The van der Waals surface area contributed by atoms with Gasteiger partial charge in [0.15, 0.2) is 0 Å². The van der Waals surface area contributed by atoms with Gasteiger partial charge in [0.05, 0.1) is 22.8 Å². The molecule has 1 aromatic carbocycles. The van der Waals surface area contributed by atoms with Crippen LogP contribution in [0.3, 0.4) is 0 Å². The number of furan rings is 1. The first-order valence-electron chi connectivity index (χ1n) is 9.46. The summed E-state index contributed by atoms with van der Waals surface area (Å²) in [6, 6.07) is 7.94. The van der Waals surface area contributed by atoms with Crippen LogP contribution < -0.4 is 5.32 Å². The van der Waals surface area contributed by atoms with Gasteiger partial charge in [-0.1, -0.05) is 6.92 Å². The lowest BCUT2D eigenvalue weighted by Gasteiger charge is -2.29. The van der Waals surface area contributed by atoms with E-state index in [9.17, 15) is 19.7 Å². The fourth-order valence-corrected chi connectivity index (χ4v) is 2.70. The van der Waals surface area contributed by atoms with Gasteiger partial charge in [0, 0.05) is 18.1 Å². The molecule has 0 aliphatic heterocycles. The first-order chi connectivity index (χ1) is 14.0. The molecule has 0 radical (unpaired) electrons. The largest absolute Gasteiger partial charge is 0.467 e. The molecule has 0 bridgehead atoms. The summed E-state index contributed by atoms with van der Waals surface area (Å²) in [6.45, 7) is 8.77. The molecule has 2 aromatic rings. The highest BCUT2D eigenvalue weighted by molar-refractivity contribution is 5.89. The molecule has 162 valence electrons. The number of hydrogen-bond donors (Lipinski definition) is 1. The van der Waals surface area contributed by atoms with Crippen LogP contribution in [0.4, 0.5) is 10.5 Å². The molecule has 1 aromatic heterocycles. The van der Waals surface area contributed by atoms with Gasteiger partial charge in [-0.2, -0.15) is 0 Å². The molecule has 0 saturated carbocycles. The van der Waals surface area contributed by atoms with E-state index < -0.39 is 34.7 Å². The maximum atomic E-state index is 12.4. The smallest absolute Gasteiger partial charge is 0.408 e. The zero-order valence-corrected chi connectivity index (χ0v) is 17.6. The van der Waals surface area contributed by atoms with Gasteiger partial charge in [-0.15, -0.1) is 0 Å². The molecular formula is C21H26N2O7. The van der Waals surface area contributed by atoms with Gasteiger partial charge in [0.1, 0.15) is 17.5 Å². The number of non-ortho nitro benzene ring substituents is 1. The first-order valence-corrected chi connectivity index (χ1v) is 9.46. The van der Waals surface area contributed by atoms with E-state index in [4.69, 9.17) is 13.9 Å². The summed E-state index contributed by atoms with van der Waals surface area (Å²) in [7, 11) is 0. The standard InChI is InChI=1S/C21H26N2O7/c1-13(14(2)29-19(24)15-8-10-16(11-9-15)23(26)27)18(17-7-6-12-28-17)22-20(25)30-21(3,4)5/h6-14,18H,1-5H3,(H,22,25)/t13-,14-,18-/m0/s1. The predicted octanol–water partition coefficient (Wildman–Crippen LogP) is 4.64. The zero-order valence-electron chi connectivity index (χ0n) is 17.6. The number of hydrogen-bond acceptors (Lipinski definition) is 7. The van der Waals surface area contributed by atoms with E-state index in [1.165, 1.54) is 30.5 Å². The first kappa shape index (κ1) is 22.9. The Morgan fingerprint density at radius 3 is 2.27 bits per heavy atom. The Morgan fingerprint density at radius 1 is 1.13 bits per heavy atom. The number of rotatable bonds is 7. The quantitative estimate of drug-likeness (QED) is 0.395. The van der Waals surface area contributed by atoms with Crippen molar-refractivity contribution in [2.24, 2.45) is 5.92 Å². The van der Waals surface area contributed by atoms with Crippen LogP contribution >= 0.6 is 0 Å². The second kappa shape index (κ2) is 9.43. The van der Waals surface area contributed by atoms with Gasteiger partial charge in [0.25, 0.3) is 5.69 Å². The Kier molecular flexibility index (Phi) is 7.20. The molecule has 1 amide bonds. The van der Waals surface area contributed by atoms with E-state index in [-0.39, 0.29) is 17.2 Å². The molecule has 9 heteroatoms. The number of esters is 1. The summed E-state index contributed by atoms with van der Waals surface area (Å²) in [4.78, 5) is 34.9. The number of ether oxygens (including phenoxy) is 2. The van der Waals surface area contributed by atoms with Crippen molar-refractivity contribution in [2.75, 3.05) is 0 Å². The number of nitrogens with zero attached hydrogens (tertiary/aromatic N) is 1. The molecule has 1 heterocycles. The maximum Gasteiger partial charge on any atom is 0.408 e. The molecule has 9 nitrogen and oxygen atoms in total. The van der Waals surface area contributed by atoms with Crippen LogP contribution in [0, 0.1) is 16.0 Å². The van der Waals surface area contributed by atoms with E-state index in [1.807, 2.05) is 0 Å². The Balaban J connectivity index is 2.10. The van der Waals surface area contributed by atoms with E-state index in [1.54, 1.807) is 46.8 Å². The van der Waals surface area contributed by atoms with E-state index >= 15 is 0 Å². The van der Waals surface area contributed by atoms with Crippen LogP contribution in [0.2, 0.25) is 0 Å². The lowest BCUT2D eigenvalue weighted by molar-refractivity contribution is -0.384. The molecule has 0 aliphatic rings. The number of alkyl carbamates (subject to hydrolysis) is 1. The monoisotopic (exact) mass is 418 g/mol. The highest BCUT2D eigenvalue weighted by atomic mass is 16.6. The lowest BCUT2D eigenvalue weighted by atomic mass is 9.94. The van der Waals surface area contributed by atoms with Crippen molar-refractivity contribution in [1.29, 1.82) is 0 Å². The molecule has 0 unspecified atom stereocenters. The van der Waals surface area contributed by atoms with E-state index in [0.29, 0.717) is 5.76 Å². The number of benzene rings is 1. The summed E-state index contributed by atoms with van der Waals surface area (Å²) in [6.07, 6.45) is 0.252. The summed E-state index contributed by atoms with van der Waals surface area (Å²) in [5.74, 6) is -0.503. The molecular weight excluding hydrogens is 392 g/mol. The van der Waals surface area contributed by atoms with Crippen LogP contribution in [0.25, 0.3) is 0 Å². The number of amides is 1. The highest BCUT2D eigenvalue weighted by Gasteiger charge is 2.32. The van der Waals surface area contributed by atoms with Crippen LogP contribution in [-0.4, -0.2) is 28.7 Å². The second-order valence-electron chi connectivity index (χ2n) is 7.91. The van der Waals surface area contributed by atoms with Gasteiger partial charge >= 0.3 is 12.1 Å². The second-order valence-corrected chi connectivity index (χ2v) is 7.91. The molecule has 0 spiro atoms. The van der Waals surface area contributed by atoms with Crippen molar-refractivity contribution in [3.63, 3.8) is 0 Å². The van der Waals surface area contributed by atoms with Crippen molar-refractivity contribution < 1.29 is 28.4 Å². The SMILES string of the molecule is C[C@@H]([C@H](C)OC(=O)c1ccc([N+](=O)[O-])cc1)[C@H](NC(=O)OC(C)(C)C)c1ccco1. The van der Waals surface area contributed by atoms with Crippen molar-refractivity contribution in [1.82, 2.24) is 5.32 Å². The topological polar surface area (TPSA) is 121 Å². The lowest BCUT2D eigenvalue weighted by Crippen LogP contribution is -2.40. The number of nitro benzene ring substituents is 1. The fraction of sp³-hybridized carbons (Fsp3) is 0.429. The number of nitrogens with one attached hydrogen (secondary N) is 1. The van der Waals surface area contributed by atoms with E-state index in [2.05, 4.69) is 5.32 Å². The summed E-state index contributed by atoms with van der Waals surface area (Å²) in [5, 5.41) is 13.5. The Morgan fingerprint density at radius 2 is 1.77 bits per heavy atom. The molecule has 0 fully saturated rings. The van der Waals surface area contributed by atoms with E-state index in [0.717, 1.165) is 0 Å². The zero-order chi connectivity index (χ0) is 22.5. The minimum absolute atomic E-state index is 0.118. The minimum Gasteiger partial charge on any atom is -0.467 e. The normalized spacial score (nSPS) is 14.3. The third-order valence-corrected chi connectivity index (χ3v) is 4.39. The number of carbonyl (C=O) groups excluding carboxylic acids is 2. The summed E-state index contributed by atoms with van der Waals surface area (Å²) in [5.41, 5.74) is -0.601. The minimum atomic E-state index is -0.672.